The summed E-state index contributed by atoms with van der Waals surface area (Å²) in [5.41, 5.74) is 5.19. The predicted molar refractivity (Wildman–Crippen MR) is 56.4 cm³/mol. The van der Waals surface area contributed by atoms with Crippen molar-refractivity contribution in [3.05, 3.63) is 28.8 Å². The number of rotatable bonds is 0. The molecule has 2 nitrogen and oxygen atoms in total. The molecular formula is C11H14N2. The number of aryl methyl sites for hydroxylation is 2. The summed E-state index contributed by atoms with van der Waals surface area (Å²) in [5, 5.41) is 3.28. The number of nitrogens with one attached hydrogen (secondary N) is 1. The Bertz CT molecular complexity index is 378. The van der Waals surface area contributed by atoms with Gasteiger partial charge in [0.1, 0.15) is 0 Å². The summed E-state index contributed by atoms with van der Waals surface area (Å²) in [6.07, 6.45) is 0. The van der Waals surface area contributed by atoms with Crippen molar-refractivity contribution >= 4 is 11.5 Å². The minimum atomic E-state index is 0.815. The summed E-state index contributed by atoms with van der Waals surface area (Å²) in [4.78, 5) is 4.35. The fourth-order valence-electron chi connectivity index (χ4n) is 1.56. The van der Waals surface area contributed by atoms with Gasteiger partial charge in [-0.2, -0.15) is 0 Å². The number of nitrogens with zero attached hydrogens (tertiary/aromatic N) is 1. The van der Waals surface area contributed by atoms with Crippen molar-refractivity contribution in [1.82, 2.24) is 0 Å². The van der Waals surface area contributed by atoms with Crippen molar-refractivity contribution in [2.45, 2.75) is 27.3 Å². The third kappa shape index (κ3) is 1.44. The first kappa shape index (κ1) is 8.30. The maximum Gasteiger partial charge on any atom is 0.0979 e. The monoisotopic (exact) mass is 174 g/mol. The van der Waals surface area contributed by atoms with E-state index in [4.69, 9.17) is 0 Å². The van der Waals surface area contributed by atoms with Crippen LogP contribution in [0.5, 0.6) is 0 Å². The van der Waals surface area contributed by atoms with Crippen LogP contribution >= 0.6 is 0 Å². The average molecular weight is 174 g/mol. The topological polar surface area (TPSA) is 24.4 Å². The number of aliphatic imine (C=N–C) groups is 1. The molecule has 0 saturated heterocycles. The first-order valence-corrected chi connectivity index (χ1v) is 4.55. The molecule has 0 bridgehead atoms. The molecule has 0 aliphatic carbocycles. The Hall–Kier alpha value is -1.31. The Kier molecular flexibility index (Phi) is 1.83. The van der Waals surface area contributed by atoms with Crippen molar-refractivity contribution in [1.29, 1.82) is 0 Å². The molecular weight excluding hydrogens is 160 g/mol. The number of amidine groups is 1. The van der Waals surface area contributed by atoms with Crippen LogP contribution in [0.4, 0.5) is 5.69 Å². The van der Waals surface area contributed by atoms with E-state index in [1.54, 1.807) is 0 Å². The van der Waals surface area contributed by atoms with Crippen molar-refractivity contribution in [3.8, 4) is 0 Å². The van der Waals surface area contributed by atoms with E-state index in [1.807, 2.05) is 6.92 Å². The molecule has 1 aromatic carbocycles. The molecule has 1 aliphatic heterocycles. The molecule has 0 spiro atoms. The maximum atomic E-state index is 4.35. The second-order valence-electron chi connectivity index (χ2n) is 3.62. The van der Waals surface area contributed by atoms with Crippen molar-refractivity contribution in [2.75, 3.05) is 5.32 Å². The molecule has 0 saturated carbocycles. The fraction of sp³-hybridized carbons (Fsp3) is 0.364. The second-order valence-corrected chi connectivity index (χ2v) is 3.62. The van der Waals surface area contributed by atoms with Gasteiger partial charge < -0.3 is 5.32 Å². The van der Waals surface area contributed by atoms with Gasteiger partial charge in [-0.05, 0) is 43.5 Å². The largest absolute Gasteiger partial charge is 0.344 e. The summed E-state index contributed by atoms with van der Waals surface area (Å²) in [7, 11) is 0. The normalized spacial score (nSPS) is 14.5. The van der Waals surface area contributed by atoms with Gasteiger partial charge in [-0.1, -0.05) is 6.07 Å². The predicted octanol–water partition coefficient (Wildman–Crippen LogP) is 2.65. The average Bonchev–Trinajstić information content (AvgIpc) is 2.08. The van der Waals surface area contributed by atoms with Gasteiger partial charge in [-0.25, -0.2) is 0 Å². The summed E-state index contributed by atoms with van der Waals surface area (Å²) in [5.74, 6) is 1.01. The van der Waals surface area contributed by atoms with E-state index in [-0.39, 0.29) is 0 Å². The van der Waals surface area contributed by atoms with Crippen molar-refractivity contribution < 1.29 is 0 Å². The highest BCUT2D eigenvalue weighted by Crippen LogP contribution is 2.24. The third-order valence-corrected chi connectivity index (χ3v) is 2.52. The van der Waals surface area contributed by atoms with Crippen molar-refractivity contribution in [3.63, 3.8) is 0 Å². The van der Waals surface area contributed by atoms with Crippen molar-refractivity contribution in [2.24, 2.45) is 4.99 Å². The lowest BCUT2D eigenvalue weighted by atomic mass is 10.0. The molecule has 0 radical (unpaired) electrons. The minimum absolute atomic E-state index is 0.815. The smallest absolute Gasteiger partial charge is 0.0979 e. The number of hydrogen-bond donors (Lipinski definition) is 1. The van der Waals surface area contributed by atoms with Gasteiger partial charge in [-0.15, -0.1) is 0 Å². The molecule has 1 aliphatic rings. The molecule has 0 unspecified atom stereocenters. The van der Waals surface area contributed by atoms with E-state index >= 15 is 0 Å². The molecule has 2 rings (SSSR count). The van der Waals surface area contributed by atoms with Gasteiger partial charge in [0.25, 0.3) is 0 Å². The second kappa shape index (κ2) is 2.87. The van der Waals surface area contributed by atoms with E-state index < -0.39 is 0 Å². The number of benzene rings is 1. The summed E-state index contributed by atoms with van der Waals surface area (Å²) < 4.78 is 0. The van der Waals surface area contributed by atoms with Crippen LogP contribution in [0.1, 0.15) is 23.6 Å². The Labute approximate surface area is 78.7 Å². The Morgan fingerprint density at radius 2 is 1.85 bits per heavy atom. The van der Waals surface area contributed by atoms with Crippen LogP contribution in [0.25, 0.3) is 0 Å². The Balaban J connectivity index is 2.48. The first-order valence-electron chi connectivity index (χ1n) is 4.55. The van der Waals surface area contributed by atoms with Crippen LogP contribution in [-0.2, 0) is 6.54 Å². The molecule has 0 amide bonds. The zero-order valence-electron chi connectivity index (χ0n) is 8.31. The lowest BCUT2D eigenvalue weighted by Gasteiger charge is -2.17. The van der Waals surface area contributed by atoms with E-state index in [9.17, 15) is 0 Å². The Morgan fingerprint density at radius 3 is 2.62 bits per heavy atom. The zero-order valence-corrected chi connectivity index (χ0v) is 8.31. The molecule has 1 heterocycles. The lowest BCUT2D eigenvalue weighted by Crippen LogP contribution is -2.14. The quantitative estimate of drug-likeness (QED) is 0.642. The summed E-state index contributed by atoms with van der Waals surface area (Å²) in [6.45, 7) is 7.09. The summed E-state index contributed by atoms with van der Waals surface area (Å²) in [6, 6.07) is 4.41. The highest BCUT2D eigenvalue weighted by atomic mass is 15.0. The molecule has 0 aromatic heterocycles. The van der Waals surface area contributed by atoms with E-state index in [0.717, 1.165) is 12.4 Å². The third-order valence-electron chi connectivity index (χ3n) is 2.52. The summed E-state index contributed by atoms with van der Waals surface area (Å²) >= 11 is 0. The molecule has 13 heavy (non-hydrogen) atoms. The standard InChI is InChI=1S/C11H14N2/c1-7-4-10-6-12-9(3)13-11(10)5-8(7)2/h4-5H,6H2,1-3H3,(H,12,13). The first-order chi connectivity index (χ1) is 6.16. The van der Waals surface area contributed by atoms with Crippen LogP contribution in [0.2, 0.25) is 0 Å². The van der Waals surface area contributed by atoms with Gasteiger partial charge in [-0.3, -0.25) is 4.99 Å². The molecule has 1 N–H and O–H groups in total. The van der Waals surface area contributed by atoms with E-state index in [2.05, 4.69) is 36.3 Å². The lowest BCUT2D eigenvalue weighted by molar-refractivity contribution is 1.04. The van der Waals surface area contributed by atoms with Crippen LogP contribution in [0.15, 0.2) is 17.1 Å². The highest BCUT2D eigenvalue weighted by molar-refractivity contribution is 5.95. The van der Waals surface area contributed by atoms with Gasteiger partial charge in [0, 0.05) is 5.69 Å². The number of anilines is 1. The van der Waals surface area contributed by atoms with Gasteiger partial charge >= 0.3 is 0 Å². The van der Waals surface area contributed by atoms with Gasteiger partial charge in [0.15, 0.2) is 0 Å². The zero-order chi connectivity index (χ0) is 9.42. The van der Waals surface area contributed by atoms with Crippen LogP contribution in [-0.4, -0.2) is 5.84 Å². The molecule has 0 atom stereocenters. The highest BCUT2D eigenvalue weighted by Gasteiger charge is 2.09. The minimum Gasteiger partial charge on any atom is -0.344 e. The van der Waals surface area contributed by atoms with Crippen LogP contribution < -0.4 is 5.32 Å². The van der Waals surface area contributed by atoms with Gasteiger partial charge in [0.05, 0.1) is 12.4 Å². The number of fused-ring (bicyclic) bond motifs is 1. The van der Waals surface area contributed by atoms with E-state index in [0.29, 0.717) is 0 Å². The maximum absolute atomic E-state index is 4.35. The number of hydrogen-bond acceptors (Lipinski definition) is 2. The molecule has 0 fully saturated rings. The SMILES string of the molecule is CC1=NCc2cc(C)c(C)cc2N1. The Morgan fingerprint density at radius 1 is 1.15 bits per heavy atom. The molecule has 2 heteroatoms. The molecule has 1 aromatic rings. The van der Waals surface area contributed by atoms with E-state index in [1.165, 1.54) is 22.4 Å². The van der Waals surface area contributed by atoms with Crippen LogP contribution in [0, 0.1) is 13.8 Å². The van der Waals surface area contributed by atoms with Gasteiger partial charge in [0.2, 0.25) is 0 Å². The molecule has 68 valence electrons. The van der Waals surface area contributed by atoms with Crippen LogP contribution in [0.3, 0.4) is 0 Å². The fourth-order valence-corrected chi connectivity index (χ4v) is 1.56.